The summed E-state index contributed by atoms with van der Waals surface area (Å²) in [5, 5.41) is 3.43. The highest BCUT2D eigenvalue weighted by Crippen LogP contribution is 2.29. The van der Waals surface area contributed by atoms with Crippen LogP contribution in [0, 0.1) is 0 Å². The van der Waals surface area contributed by atoms with Crippen LogP contribution < -0.4 is 14.4 Å². The van der Waals surface area contributed by atoms with Gasteiger partial charge in [0.1, 0.15) is 24.1 Å². The van der Waals surface area contributed by atoms with E-state index in [1.165, 1.54) is 17.0 Å². The second-order valence-corrected chi connectivity index (χ2v) is 14.1. The maximum absolute atomic E-state index is 14.6. The number of nitrogens with one attached hydrogen (secondary N) is 1. The fourth-order valence-corrected chi connectivity index (χ4v) is 6.97. The van der Waals surface area contributed by atoms with Gasteiger partial charge >= 0.3 is 0 Å². The zero-order valence-electron chi connectivity index (χ0n) is 27.3. The van der Waals surface area contributed by atoms with Crippen molar-refractivity contribution in [2.45, 2.75) is 43.8 Å². The molecular formula is C39H38ClN3O5S. The maximum Gasteiger partial charge on any atom is 0.264 e. The summed E-state index contributed by atoms with van der Waals surface area (Å²) in [5.74, 6) is 0.201. The van der Waals surface area contributed by atoms with Gasteiger partial charge in [0.15, 0.2) is 0 Å². The van der Waals surface area contributed by atoms with E-state index in [1.807, 2.05) is 80.6 Å². The van der Waals surface area contributed by atoms with Crippen LogP contribution in [0.2, 0.25) is 5.02 Å². The Morgan fingerprint density at radius 2 is 1.31 bits per heavy atom. The fourth-order valence-electron chi connectivity index (χ4n) is 5.32. The van der Waals surface area contributed by atoms with Crippen LogP contribution in [0.25, 0.3) is 0 Å². The third-order valence-electron chi connectivity index (χ3n) is 7.66. The van der Waals surface area contributed by atoms with Gasteiger partial charge in [-0.3, -0.25) is 13.9 Å². The predicted molar refractivity (Wildman–Crippen MR) is 193 cm³/mol. The normalized spacial score (nSPS) is 11.8. The molecule has 0 heterocycles. The van der Waals surface area contributed by atoms with E-state index in [9.17, 15) is 18.0 Å². The first-order valence-corrected chi connectivity index (χ1v) is 17.7. The third-order valence-corrected chi connectivity index (χ3v) is 9.68. The first-order valence-electron chi connectivity index (χ1n) is 15.9. The van der Waals surface area contributed by atoms with Crippen molar-refractivity contribution in [2.75, 3.05) is 10.8 Å². The van der Waals surface area contributed by atoms with Gasteiger partial charge in [0.2, 0.25) is 11.8 Å². The molecule has 252 valence electrons. The number of carbonyl (C=O) groups is 2. The molecule has 1 N–H and O–H groups in total. The lowest BCUT2D eigenvalue weighted by Crippen LogP contribution is -2.54. The minimum Gasteiger partial charge on any atom is -0.457 e. The topological polar surface area (TPSA) is 96.0 Å². The largest absolute Gasteiger partial charge is 0.457 e. The Morgan fingerprint density at radius 3 is 1.92 bits per heavy atom. The van der Waals surface area contributed by atoms with E-state index in [4.69, 9.17) is 16.3 Å². The van der Waals surface area contributed by atoms with Crippen molar-refractivity contribution in [2.24, 2.45) is 0 Å². The molecule has 0 aliphatic carbocycles. The van der Waals surface area contributed by atoms with Crippen LogP contribution in [-0.4, -0.2) is 43.8 Å². The second kappa shape index (κ2) is 16.3. The number of sulfonamides is 1. The Bertz CT molecular complexity index is 1940. The van der Waals surface area contributed by atoms with Crippen LogP contribution in [0.3, 0.4) is 0 Å². The Labute approximate surface area is 293 Å². The van der Waals surface area contributed by atoms with E-state index in [0.717, 1.165) is 9.87 Å². The Kier molecular flexibility index (Phi) is 11.7. The number of anilines is 1. The molecular weight excluding hydrogens is 658 g/mol. The SMILES string of the molecule is CC(C)NC(=O)C(Cc1ccccc1)N(Cc1cccc(Cl)c1)C(=O)CN(c1ccc(Oc2ccccc2)cc1)S(=O)(=O)c1ccccc1. The van der Waals surface area contributed by atoms with Gasteiger partial charge in [0.25, 0.3) is 10.0 Å². The third kappa shape index (κ3) is 9.49. The van der Waals surface area contributed by atoms with E-state index in [-0.39, 0.29) is 35.5 Å². The van der Waals surface area contributed by atoms with Crippen molar-refractivity contribution in [1.29, 1.82) is 0 Å². The monoisotopic (exact) mass is 695 g/mol. The minimum absolute atomic E-state index is 0.0193. The summed E-state index contributed by atoms with van der Waals surface area (Å²) in [5.41, 5.74) is 1.79. The van der Waals surface area contributed by atoms with E-state index < -0.39 is 28.5 Å². The number of hydrogen-bond donors (Lipinski definition) is 1. The van der Waals surface area contributed by atoms with Crippen molar-refractivity contribution in [3.05, 3.63) is 156 Å². The van der Waals surface area contributed by atoms with Gasteiger partial charge in [-0.15, -0.1) is 0 Å². The Morgan fingerprint density at radius 1 is 0.735 bits per heavy atom. The van der Waals surface area contributed by atoms with Gasteiger partial charge in [0, 0.05) is 24.0 Å². The van der Waals surface area contributed by atoms with Crippen LogP contribution in [0.1, 0.15) is 25.0 Å². The molecule has 0 aromatic heterocycles. The molecule has 1 unspecified atom stereocenters. The summed E-state index contributed by atoms with van der Waals surface area (Å²) in [6.45, 7) is 3.14. The molecule has 8 nitrogen and oxygen atoms in total. The summed E-state index contributed by atoms with van der Waals surface area (Å²) in [7, 11) is -4.23. The van der Waals surface area contributed by atoms with E-state index in [1.54, 1.807) is 60.7 Å². The lowest BCUT2D eigenvalue weighted by atomic mass is 10.0. The lowest BCUT2D eigenvalue weighted by molar-refractivity contribution is -0.140. The van der Waals surface area contributed by atoms with Gasteiger partial charge in [-0.25, -0.2) is 8.42 Å². The number of amides is 2. The number of para-hydroxylation sites is 1. The molecule has 5 rings (SSSR count). The number of rotatable bonds is 14. The molecule has 2 amide bonds. The maximum atomic E-state index is 14.6. The number of carbonyl (C=O) groups excluding carboxylic acids is 2. The van der Waals surface area contributed by atoms with Crippen molar-refractivity contribution in [1.82, 2.24) is 10.2 Å². The minimum atomic E-state index is -4.23. The lowest BCUT2D eigenvalue weighted by Gasteiger charge is -2.34. The highest BCUT2D eigenvalue weighted by molar-refractivity contribution is 7.92. The molecule has 0 fully saturated rings. The predicted octanol–water partition coefficient (Wildman–Crippen LogP) is 7.49. The smallest absolute Gasteiger partial charge is 0.264 e. The zero-order valence-corrected chi connectivity index (χ0v) is 28.8. The number of nitrogens with zero attached hydrogens (tertiary/aromatic N) is 2. The summed E-state index contributed by atoms with van der Waals surface area (Å²) >= 11 is 6.32. The van der Waals surface area contributed by atoms with Crippen LogP contribution in [0.4, 0.5) is 5.69 Å². The van der Waals surface area contributed by atoms with E-state index >= 15 is 0 Å². The molecule has 0 bridgehead atoms. The van der Waals surface area contributed by atoms with Crippen LogP contribution >= 0.6 is 11.6 Å². The van der Waals surface area contributed by atoms with Gasteiger partial charge in [-0.1, -0.05) is 90.5 Å². The first-order chi connectivity index (χ1) is 23.6. The molecule has 5 aromatic rings. The molecule has 10 heteroatoms. The molecule has 0 aliphatic heterocycles. The zero-order chi connectivity index (χ0) is 34.8. The number of hydrogen-bond acceptors (Lipinski definition) is 5. The van der Waals surface area contributed by atoms with Crippen LogP contribution in [0.5, 0.6) is 11.5 Å². The molecule has 0 spiro atoms. The van der Waals surface area contributed by atoms with Crippen LogP contribution in [0.15, 0.2) is 144 Å². The summed E-state index contributed by atoms with van der Waals surface area (Å²) in [6, 6.07) is 38.9. The average Bonchev–Trinajstić information content (AvgIpc) is 3.10. The van der Waals surface area contributed by atoms with Crippen molar-refractivity contribution in [3.63, 3.8) is 0 Å². The molecule has 0 saturated carbocycles. The first kappa shape index (κ1) is 35.2. The van der Waals surface area contributed by atoms with Crippen molar-refractivity contribution in [3.8, 4) is 11.5 Å². The number of benzene rings is 5. The van der Waals surface area contributed by atoms with Gasteiger partial charge in [-0.05, 0) is 85.6 Å². The average molecular weight is 696 g/mol. The summed E-state index contributed by atoms with van der Waals surface area (Å²) < 4.78 is 35.5. The van der Waals surface area contributed by atoms with Gasteiger partial charge in [-0.2, -0.15) is 0 Å². The molecule has 5 aromatic carbocycles. The number of ether oxygens (including phenoxy) is 1. The van der Waals surface area contributed by atoms with E-state index in [2.05, 4.69) is 5.32 Å². The second-order valence-electron chi connectivity index (χ2n) is 11.8. The Hall–Kier alpha value is -5.12. The summed E-state index contributed by atoms with van der Waals surface area (Å²) in [4.78, 5) is 29.9. The highest BCUT2D eigenvalue weighted by atomic mass is 35.5. The molecule has 0 saturated heterocycles. The summed E-state index contributed by atoms with van der Waals surface area (Å²) in [6.07, 6.45) is 0.211. The highest BCUT2D eigenvalue weighted by Gasteiger charge is 2.35. The standard InChI is InChI=1S/C39H38ClN3O5S/c1-29(2)41-39(45)37(26-30-13-6-3-7-14-30)42(27-31-15-12-16-32(40)25-31)38(44)28-43(49(46,47)36-19-10-5-11-20-36)33-21-23-35(24-22-33)48-34-17-8-4-9-18-34/h3-25,29,37H,26-28H2,1-2H3,(H,41,45). The van der Waals surface area contributed by atoms with Gasteiger partial charge in [0.05, 0.1) is 10.6 Å². The molecule has 49 heavy (non-hydrogen) atoms. The van der Waals surface area contributed by atoms with Crippen molar-refractivity contribution < 1.29 is 22.7 Å². The Balaban J connectivity index is 1.55. The molecule has 0 radical (unpaired) electrons. The molecule has 1 atom stereocenters. The quantitative estimate of drug-likeness (QED) is 0.130. The molecule has 0 aliphatic rings. The number of halogens is 1. The van der Waals surface area contributed by atoms with E-state index in [0.29, 0.717) is 22.1 Å². The fraction of sp³-hybridized carbons (Fsp3) is 0.179. The van der Waals surface area contributed by atoms with Gasteiger partial charge < -0.3 is 15.0 Å². The van der Waals surface area contributed by atoms with Crippen LogP contribution in [-0.2, 0) is 32.6 Å². The van der Waals surface area contributed by atoms with Crippen molar-refractivity contribution >= 4 is 39.1 Å².